The molecule has 0 bridgehead atoms. The molecule has 1 heterocycles. The van der Waals surface area contributed by atoms with Crippen LogP contribution >= 0.6 is 0 Å². The van der Waals surface area contributed by atoms with Crippen molar-refractivity contribution in [1.29, 1.82) is 0 Å². The summed E-state index contributed by atoms with van der Waals surface area (Å²) in [4.78, 5) is 0. The number of hydrogen-bond donors (Lipinski definition) is 1. The minimum absolute atomic E-state index is 0.645. The second-order valence-electron chi connectivity index (χ2n) is 5.61. The molecule has 1 N–H and O–H groups in total. The average molecular weight is 217 g/mol. The van der Waals surface area contributed by atoms with Gasteiger partial charge in [-0.3, -0.25) is 0 Å². The van der Waals surface area contributed by atoms with E-state index in [9.17, 15) is 0 Å². The molecule has 0 aliphatic carbocycles. The van der Waals surface area contributed by atoms with Crippen molar-refractivity contribution in [2.75, 3.05) is 0 Å². The van der Waals surface area contributed by atoms with Gasteiger partial charge in [0, 0.05) is 12.6 Å². The Balaban J connectivity index is 2.22. The molecule has 0 spiro atoms. The number of aryl methyl sites for hydroxylation is 1. The zero-order valence-corrected chi connectivity index (χ0v) is 10.9. The minimum atomic E-state index is 0.645. The number of rotatable bonds is 2. The summed E-state index contributed by atoms with van der Waals surface area (Å²) in [6.45, 7) is 10.2. The lowest BCUT2D eigenvalue weighted by Gasteiger charge is -2.33. The van der Waals surface area contributed by atoms with Crippen LogP contribution in [-0.4, -0.2) is 6.04 Å². The van der Waals surface area contributed by atoms with Gasteiger partial charge in [-0.25, -0.2) is 0 Å². The highest BCUT2D eigenvalue weighted by molar-refractivity contribution is 5.36. The van der Waals surface area contributed by atoms with Crippen molar-refractivity contribution < 1.29 is 0 Å². The highest BCUT2D eigenvalue weighted by atomic mass is 14.9. The first-order valence-corrected chi connectivity index (χ1v) is 6.40. The quantitative estimate of drug-likeness (QED) is 0.798. The molecule has 0 radical (unpaired) electrons. The Labute approximate surface area is 99.3 Å². The van der Waals surface area contributed by atoms with Crippen molar-refractivity contribution in [2.24, 2.45) is 5.92 Å². The Kier molecular flexibility index (Phi) is 3.34. The maximum absolute atomic E-state index is 3.68. The molecule has 16 heavy (non-hydrogen) atoms. The van der Waals surface area contributed by atoms with E-state index in [1.54, 1.807) is 5.56 Å². The van der Waals surface area contributed by atoms with E-state index < -0.39 is 0 Å². The molecular formula is C15H23N. The normalized spacial score (nSPS) is 24.6. The van der Waals surface area contributed by atoms with Crippen molar-refractivity contribution in [3.8, 4) is 0 Å². The van der Waals surface area contributed by atoms with E-state index in [0.717, 1.165) is 12.5 Å². The highest BCUT2D eigenvalue weighted by Gasteiger charge is 2.25. The lowest BCUT2D eigenvalue weighted by atomic mass is 9.82. The lowest BCUT2D eigenvalue weighted by molar-refractivity contribution is 0.355. The molecule has 88 valence electrons. The lowest BCUT2D eigenvalue weighted by Crippen LogP contribution is -2.39. The monoisotopic (exact) mass is 217 g/mol. The van der Waals surface area contributed by atoms with Gasteiger partial charge in [0.1, 0.15) is 0 Å². The van der Waals surface area contributed by atoms with Gasteiger partial charge in [-0.05, 0) is 36.3 Å². The summed E-state index contributed by atoms with van der Waals surface area (Å²) in [6.07, 6.45) is 1.27. The SMILES string of the molecule is Cc1ccc2c(c1)CNC(CC(C)C)C2C. The topological polar surface area (TPSA) is 12.0 Å². The summed E-state index contributed by atoms with van der Waals surface area (Å²) < 4.78 is 0. The van der Waals surface area contributed by atoms with Crippen LogP contribution in [0.25, 0.3) is 0 Å². The second kappa shape index (κ2) is 4.58. The first-order valence-electron chi connectivity index (χ1n) is 6.40. The van der Waals surface area contributed by atoms with Crippen molar-refractivity contribution in [3.05, 3.63) is 34.9 Å². The van der Waals surface area contributed by atoms with Gasteiger partial charge >= 0.3 is 0 Å². The molecule has 0 saturated heterocycles. The summed E-state index contributed by atoms with van der Waals surface area (Å²) >= 11 is 0. The highest BCUT2D eigenvalue weighted by Crippen LogP contribution is 2.31. The van der Waals surface area contributed by atoms with Crippen molar-refractivity contribution >= 4 is 0 Å². The van der Waals surface area contributed by atoms with Crippen molar-refractivity contribution in [3.63, 3.8) is 0 Å². The molecule has 0 amide bonds. The number of fused-ring (bicyclic) bond motifs is 1. The Morgan fingerprint density at radius 2 is 2.12 bits per heavy atom. The third-order valence-electron chi connectivity index (χ3n) is 3.67. The zero-order valence-electron chi connectivity index (χ0n) is 10.9. The average Bonchev–Trinajstić information content (AvgIpc) is 2.22. The molecule has 0 aromatic heterocycles. The van der Waals surface area contributed by atoms with Crippen LogP contribution in [0.3, 0.4) is 0 Å². The van der Waals surface area contributed by atoms with Crippen LogP contribution in [0.2, 0.25) is 0 Å². The smallest absolute Gasteiger partial charge is 0.0211 e. The molecule has 1 aliphatic heterocycles. The molecule has 1 aromatic carbocycles. The van der Waals surface area contributed by atoms with Crippen molar-refractivity contribution in [2.45, 2.75) is 52.6 Å². The predicted molar refractivity (Wildman–Crippen MR) is 69.7 cm³/mol. The Morgan fingerprint density at radius 1 is 1.38 bits per heavy atom. The molecule has 0 saturated carbocycles. The summed E-state index contributed by atoms with van der Waals surface area (Å²) in [7, 11) is 0. The van der Waals surface area contributed by atoms with E-state index in [4.69, 9.17) is 0 Å². The van der Waals surface area contributed by atoms with Crippen LogP contribution in [0.15, 0.2) is 18.2 Å². The van der Waals surface area contributed by atoms with Crippen LogP contribution in [0.4, 0.5) is 0 Å². The maximum Gasteiger partial charge on any atom is 0.0211 e. The van der Waals surface area contributed by atoms with Gasteiger partial charge in [-0.2, -0.15) is 0 Å². The zero-order chi connectivity index (χ0) is 11.7. The summed E-state index contributed by atoms with van der Waals surface area (Å²) in [5, 5.41) is 3.68. The summed E-state index contributed by atoms with van der Waals surface area (Å²) in [5.41, 5.74) is 4.41. The first kappa shape index (κ1) is 11.7. The summed E-state index contributed by atoms with van der Waals surface area (Å²) in [6, 6.07) is 7.54. The van der Waals surface area contributed by atoms with Gasteiger partial charge in [0.15, 0.2) is 0 Å². The van der Waals surface area contributed by atoms with Gasteiger partial charge in [-0.1, -0.05) is 44.5 Å². The van der Waals surface area contributed by atoms with Gasteiger partial charge in [0.25, 0.3) is 0 Å². The van der Waals surface area contributed by atoms with Gasteiger partial charge in [-0.15, -0.1) is 0 Å². The molecule has 2 rings (SSSR count). The predicted octanol–water partition coefficient (Wildman–Crippen LogP) is 3.62. The fourth-order valence-electron chi connectivity index (χ4n) is 2.76. The molecule has 1 aromatic rings. The fraction of sp³-hybridized carbons (Fsp3) is 0.600. The number of nitrogens with one attached hydrogen (secondary N) is 1. The van der Waals surface area contributed by atoms with Crippen molar-refractivity contribution in [1.82, 2.24) is 5.32 Å². The van der Waals surface area contributed by atoms with Crippen LogP contribution < -0.4 is 5.32 Å². The summed E-state index contributed by atoms with van der Waals surface area (Å²) in [5.74, 6) is 1.42. The largest absolute Gasteiger partial charge is 0.309 e. The van der Waals surface area contributed by atoms with Crippen LogP contribution in [0.5, 0.6) is 0 Å². The third kappa shape index (κ3) is 2.30. The van der Waals surface area contributed by atoms with Gasteiger partial charge < -0.3 is 5.32 Å². The number of benzene rings is 1. The number of hydrogen-bond acceptors (Lipinski definition) is 1. The van der Waals surface area contributed by atoms with E-state index in [1.165, 1.54) is 17.5 Å². The third-order valence-corrected chi connectivity index (χ3v) is 3.67. The van der Waals surface area contributed by atoms with Crippen LogP contribution in [-0.2, 0) is 6.54 Å². The Bertz CT molecular complexity index is 368. The molecule has 1 aliphatic rings. The van der Waals surface area contributed by atoms with E-state index >= 15 is 0 Å². The Hall–Kier alpha value is -0.820. The maximum atomic E-state index is 3.68. The molecule has 2 unspecified atom stereocenters. The molecule has 1 nitrogen and oxygen atoms in total. The molecule has 2 atom stereocenters. The molecule has 0 fully saturated rings. The van der Waals surface area contributed by atoms with E-state index in [-0.39, 0.29) is 0 Å². The Morgan fingerprint density at radius 3 is 2.81 bits per heavy atom. The van der Waals surface area contributed by atoms with Crippen LogP contribution in [0, 0.1) is 12.8 Å². The van der Waals surface area contributed by atoms with E-state index in [0.29, 0.717) is 12.0 Å². The van der Waals surface area contributed by atoms with Gasteiger partial charge in [0.2, 0.25) is 0 Å². The van der Waals surface area contributed by atoms with E-state index in [2.05, 4.69) is 51.2 Å². The molecule has 1 heteroatoms. The second-order valence-corrected chi connectivity index (χ2v) is 5.61. The first-order chi connectivity index (χ1) is 7.58. The van der Waals surface area contributed by atoms with Gasteiger partial charge in [0.05, 0.1) is 0 Å². The van der Waals surface area contributed by atoms with Crippen LogP contribution in [0.1, 0.15) is 49.8 Å². The fourth-order valence-corrected chi connectivity index (χ4v) is 2.76. The minimum Gasteiger partial charge on any atom is -0.309 e. The van der Waals surface area contributed by atoms with E-state index in [1.807, 2.05) is 0 Å². The molecular weight excluding hydrogens is 194 g/mol. The standard InChI is InChI=1S/C15H23N/c1-10(2)7-15-12(4)14-6-5-11(3)8-13(14)9-16-15/h5-6,8,10,12,15-16H,7,9H2,1-4H3.